The largest absolute Gasteiger partial charge is 0.465 e. The van der Waals surface area contributed by atoms with E-state index in [2.05, 4.69) is 24.5 Å². The maximum atomic E-state index is 10.7. The Bertz CT molecular complexity index is 575. The summed E-state index contributed by atoms with van der Waals surface area (Å²) in [5.41, 5.74) is 5.13. The molecule has 2 atom stereocenters. The minimum Gasteiger partial charge on any atom is -0.465 e. The summed E-state index contributed by atoms with van der Waals surface area (Å²) in [7, 11) is 0. The second-order valence-corrected chi connectivity index (χ2v) is 6.94. The van der Waals surface area contributed by atoms with Crippen LogP contribution in [0, 0.1) is 0 Å². The van der Waals surface area contributed by atoms with Crippen LogP contribution >= 0.6 is 0 Å². The van der Waals surface area contributed by atoms with Gasteiger partial charge < -0.3 is 9.84 Å². The smallest absolute Gasteiger partial charge is 0.145 e. The highest BCUT2D eigenvalue weighted by atomic mass is 16.5. The number of nitrogens with zero attached hydrogens (tertiary/aromatic N) is 2. The number of ether oxygens (including phenoxy) is 1. The van der Waals surface area contributed by atoms with Gasteiger partial charge >= 0.3 is 0 Å². The zero-order valence-electron chi connectivity index (χ0n) is 14.2. The lowest BCUT2D eigenvalue weighted by Crippen LogP contribution is -2.64. The number of hydrogen-bond donors (Lipinski definition) is 2. The molecule has 3 aliphatic rings. The summed E-state index contributed by atoms with van der Waals surface area (Å²) in [6.07, 6.45) is 11.3. The van der Waals surface area contributed by atoms with E-state index in [0.29, 0.717) is 0 Å². The van der Waals surface area contributed by atoms with Gasteiger partial charge in [0, 0.05) is 24.3 Å². The van der Waals surface area contributed by atoms with E-state index in [0.717, 1.165) is 36.4 Å². The number of aliphatic hydroxyl groups excluding tert-OH is 1. The van der Waals surface area contributed by atoms with Crippen molar-refractivity contribution in [2.24, 2.45) is 4.99 Å². The standard InChI is InChI=1S/C18H27N3O2/c1-4-5-6-9-19-21-15-12-16-13(8-7-10-23-16)11-14(15)20-18(2,3)17(21)22/h7-8,10,12,15,17,19,22H,4-6,9,11H2,1-3H3. The van der Waals surface area contributed by atoms with Gasteiger partial charge in [-0.15, -0.1) is 0 Å². The quantitative estimate of drug-likeness (QED) is 0.766. The topological polar surface area (TPSA) is 57.1 Å². The van der Waals surface area contributed by atoms with Gasteiger partial charge in [-0.05, 0) is 32.4 Å². The number of nitrogens with one attached hydrogen (secondary N) is 1. The average molecular weight is 317 g/mol. The summed E-state index contributed by atoms with van der Waals surface area (Å²) in [4.78, 5) is 4.82. The van der Waals surface area contributed by atoms with Gasteiger partial charge in [-0.2, -0.15) is 0 Å². The van der Waals surface area contributed by atoms with Crippen LogP contribution in [-0.4, -0.2) is 40.2 Å². The molecule has 3 rings (SSSR count). The Hall–Kier alpha value is -1.43. The number of rotatable bonds is 5. The number of fused-ring (bicyclic) bond motifs is 2. The van der Waals surface area contributed by atoms with Crippen molar-refractivity contribution < 1.29 is 9.84 Å². The maximum Gasteiger partial charge on any atom is 0.145 e. The Balaban J connectivity index is 1.85. The van der Waals surface area contributed by atoms with Crippen LogP contribution < -0.4 is 5.43 Å². The summed E-state index contributed by atoms with van der Waals surface area (Å²) in [5.74, 6) is 0.878. The first-order valence-electron chi connectivity index (χ1n) is 8.56. The van der Waals surface area contributed by atoms with Crippen molar-refractivity contribution in [3.8, 4) is 0 Å². The van der Waals surface area contributed by atoms with Crippen molar-refractivity contribution >= 4 is 5.71 Å². The predicted molar refractivity (Wildman–Crippen MR) is 91.7 cm³/mol. The highest BCUT2D eigenvalue weighted by Crippen LogP contribution is 2.34. The summed E-state index contributed by atoms with van der Waals surface area (Å²) in [6, 6.07) is -0.0571. The molecule has 1 aliphatic carbocycles. The SMILES string of the molecule is CCCCCNN1C2C=C3OC=CC=C3CC2=NC(C)(C)C1O. The molecule has 5 nitrogen and oxygen atoms in total. The number of hydrogen-bond acceptors (Lipinski definition) is 5. The highest BCUT2D eigenvalue weighted by molar-refractivity contribution is 5.96. The van der Waals surface area contributed by atoms with Gasteiger partial charge in [0.2, 0.25) is 0 Å². The first kappa shape index (κ1) is 16.4. The van der Waals surface area contributed by atoms with E-state index in [9.17, 15) is 5.11 Å². The molecule has 5 heteroatoms. The summed E-state index contributed by atoms with van der Waals surface area (Å²) in [6.45, 7) is 7.01. The minimum atomic E-state index is -0.667. The molecular weight excluding hydrogens is 290 g/mol. The fraction of sp³-hybridized carbons (Fsp3) is 0.611. The molecule has 0 aromatic carbocycles. The summed E-state index contributed by atoms with van der Waals surface area (Å²) < 4.78 is 5.63. The van der Waals surface area contributed by atoms with Crippen molar-refractivity contribution in [2.75, 3.05) is 6.54 Å². The minimum absolute atomic E-state index is 0.0571. The number of aliphatic imine (C=N–C) groups is 1. The Morgan fingerprint density at radius 1 is 1.43 bits per heavy atom. The number of hydrazine groups is 1. The molecule has 23 heavy (non-hydrogen) atoms. The van der Waals surface area contributed by atoms with Gasteiger partial charge in [0.15, 0.2) is 0 Å². The van der Waals surface area contributed by atoms with Crippen LogP contribution in [0.2, 0.25) is 0 Å². The van der Waals surface area contributed by atoms with Crippen molar-refractivity contribution in [2.45, 2.75) is 64.3 Å². The summed E-state index contributed by atoms with van der Waals surface area (Å²) >= 11 is 0. The van der Waals surface area contributed by atoms with E-state index < -0.39 is 11.8 Å². The molecule has 126 valence electrons. The third-order valence-electron chi connectivity index (χ3n) is 4.61. The fourth-order valence-electron chi connectivity index (χ4n) is 3.29. The Morgan fingerprint density at radius 2 is 2.26 bits per heavy atom. The third kappa shape index (κ3) is 3.27. The lowest BCUT2D eigenvalue weighted by atomic mass is 9.88. The van der Waals surface area contributed by atoms with Crippen LogP contribution in [0.1, 0.15) is 46.5 Å². The zero-order valence-corrected chi connectivity index (χ0v) is 14.2. The fourth-order valence-corrected chi connectivity index (χ4v) is 3.29. The van der Waals surface area contributed by atoms with Crippen LogP contribution in [-0.2, 0) is 4.74 Å². The zero-order chi connectivity index (χ0) is 16.4. The van der Waals surface area contributed by atoms with E-state index in [-0.39, 0.29) is 6.04 Å². The molecule has 0 aromatic heterocycles. The Morgan fingerprint density at radius 3 is 3.04 bits per heavy atom. The lowest BCUT2D eigenvalue weighted by molar-refractivity contribution is -0.0835. The third-order valence-corrected chi connectivity index (χ3v) is 4.61. The van der Waals surface area contributed by atoms with E-state index in [1.54, 1.807) is 6.26 Å². The first-order valence-corrected chi connectivity index (χ1v) is 8.56. The van der Waals surface area contributed by atoms with Gasteiger partial charge in [-0.1, -0.05) is 25.8 Å². The highest BCUT2D eigenvalue weighted by Gasteiger charge is 2.44. The molecule has 0 bridgehead atoms. The molecule has 0 amide bonds. The van der Waals surface area contributed by atoms with Gasteiger partial charge in [0.1, 0.15) is 12.0 Å². The van der Waals surface area contributed by atoms with Crippen LogP contribution in [0.4, 0.5) is 0 Å². The molecule has 2 aliphatic heterocycles. The molecular formula is C18H27N3O2. The van der Waals surface area contributed by atoms with E-state index >= 15 is 0 Å². The molecule has 0 spiro atoms. The van der Waals surface area contributed by atoms with Crippen molar-refractivity contribution in [1.29, 1.82) is 0 Å². The van der Waals surface area contributed by atoms with Crippen LogP contribution in [0.3, 0.4) is 0 Å². The van der Waals surface area contributed by atoms with Gasteiger partial charge in [-0.3, -0.25) is 10.4 Å². The maximum absolute atomic E-state index is 10.7. The normalized spacial score (nSPS) is 29.0. The first-order chi connectivity index (χ1) is 11.0. The summed E-state index contributed by atoms with van der Waals surface area (Å²) in [5, 5.41) is 12.7. The van der Waals surface area contributed by atoms with Crippen molar-refractivity contribution in [1.82, 2.24) is 10.4 Å². The predicted octanol–water partition coefficient (Wildman–Crippen LogP) is 2.66. The lowest BCUT2D eigenvalue weighted by Gasteiger charge is -2.46. The van der Waals surface area contributed by atoms with E-state index in [1.807, 2.05) is 24.9 Å². The van der Waals surface area contributed by atoms with Gasteiger partial charge in [-0.25, -0.2) is 5.01 Å². The molecule has 0 fully saturated rings. The molecule has 0 saturated heterocycles. The van der Waals surface area contributed by atoms with Crippen LogP contribution in [0.15, 0.2) is 40.8 Å². The monoisotopic (exact) mass is 317 g/mol. The van der Waals surface area contributed by atoms with Crippen molar-refractivity contribution in [3.63, 3.8) is 0 Å². The molecule has 2 heterocycles. The van der Waals surface area contributed by atoms with Gasteiger partial charge in [0.05, 0.1) is 17.8 Å². The van der Waals surface area contributed by atoms with E-state index in [1.165, 1.54) is 12.8 Å². The number of unbranched alkanes of at least 4 members (excludes halogenated alkanes) is 2. The van der Waals surface area contributed by atoms with Crippen molar-refractivity contribution in [3.05, 3.63) is 35.8 Å². The molecule has 0 radical (unpaired) electrons. The number of allylic oxidation sites excluding steroid dienone is 3. The molecule has 2 unspecified atom stereocenters. The Kier molecular flexibility index (Phi) is 4.71. The Labute approximate surface area is 138 Å². The van der Waals surface area contributed by atoms with E-state index in [4.69, 9.17) is 9.73 Å². The average Bonchev–Trinajstić information content (AvgIpc) is 2.53. The van der Waals surface area contributed by atoms with Crippen LogP contribution in [0.25, 0.3) is 0 Å². The molecule has 0 aromatic rings. The molecule has 0 saturated carbocycles. The second kappa shape index (κ2) is 6.59. The molecule has 2 N–H and O–H groups in total. The van der Waals surface area contributed by atoms with Crippen LogP contribution in [0.5, 0.6) is 0 Å². The second-order valence-electron chi connectivity index (χ2n) is 6.94. The van der Waals surface area contributed by atoms with Gasteiger partial charge in [0.25, 0.3) is 0 Å². The number of aliphatic hydroxyl groups is 1.